The first-order valence-electron chi connectivity index (χ1n) is 8.35. The van der Waals surface area contributed by atoms with E-state index in [9.17, 15) is 4.79 Å². The Morgan fingerprint density at radius 2 is 2.05 bits per heavy atom. The van der Waals surface area contributed by atoms with Gasteiger partial charge in [-0.05, 0) is 19.8 Å². The maximum absolute atomic E-state index is 9.68. The zero-order chi connectivity index (χ0) is 16.4. The van der Waals surface area contributed by atoms with Crippen LogP contribution in [0.15, 0.2) is 0 Å². The third-order valence-corrected chi connectivity index (χ3v) is 4.49. The molecular weight excluding hydrogens is 284 g/mol. The zero-order valence-electron chi connectivity index (χ0n) is 14.3. The molecule has 0 aromatic rings. The summed E-state index contributed by atoms with van der Waals surface area (Å²) in [6, 6.07) is 1.55. The van der Waals surface area contributed by atoms with Crippen LogP contribution in [0.1, 0.15) is 33.1 Å². The average Bonchev–Trinajstić information content (AvgIpc) is 3.03. The van der Waals surface area contributed by atoms with E-state index < -0.39 is 5.97 Å². The summed E-state index contributed by atoms with van der Waals surface area (Å²) >= 11 is 0. The van der Waals surface area contributed by atoms with Crippen molar-refractivity contribution in [2.24, 2.45) is 0 Å². The van der Waals surface area contributed by atoms with Crippen molar-refractivity contribution in [2.45, 2.75) is 45.2 Å². The average molecular weight is 316 g/mol. The van der Waals surface area contributed by atoms with Gasteiger partial charge >= 0.3 is 5.97 Å². The van der Waals surface area contributed by atoms with Gasteiger partial charge in [-0.15, -0.1) is 0 Å². The SMILES string of the molecule is CCC(C)N1CCC(N2CCOCC2)C1.COCCC(=O)O. The molecule has 0 radical (unpaired) electrons. The van der Waals surface area contributed by atoms with Crippen molar-refractivity contribution in [3.8, 4) is 0 Å². The van der Waals surface area contributed by atoms with Crippen LogP contribution < -0.4 is 0 Å². The quantitative estimate of drug-likeness (QED) is 0.797. The van der Waals surface area contributed by atoms with E-state index in [-0.39, 0.29) is 6.42 Å². The van der Waals surface area contributed by atoms with Crippen LogP contribution in [-0.2, 0) is 14.3 Å². The van der Waals surface area contributed by atoms with Crippen molar-refractivity contribution in [3.05, 3.63) is 0 Å². The number of carbonyl (C=O) groups is 1. The maximum atomic E-state index is 9.68. The van der Waals surface area contributed by atoms with Crippen LogP contribution in [0, 0.1) is 0 Å². The molecule has 2 unspecified atom stereocenters. The number of carboxylic acids is 1. The Morgan fingerprint density at radius 3 is 2.55 bits per heavy atom. The van der Waals surface area contributed by atoms with Gasteiger partial charge < -0.3 is 14.6 Å². The van der Waals surface area contributed by atoms with E-state index >= 15 is 0 Å². The molecule has 6 nitrogen and oxygen atoms in total. The first-order chi connectivity index (χ1) is 10.6. The number of aliphatic carboxylic acids is 1. The second-order valence-electron chi connectivity index (χ2n) is 5.98. The predicted molar refractivity (Wildman–Crippen MR) is 86.3 cm³/mol. The lowest BCUT2D eigenvalue weighted by Crippen LogP contribution is -2.45. The predicted octanol–water partition coefficient (Wildman–Crippen LogP) is 1.30. The Hall–Kier alpha value is -0.690. The highest BCUT2D eigenvalue weighted by atomic mass is 16.5. The number of hydrogen-bond donors (Lipinski definition) is 1. The van der Waals surface area contributed by atoms with Crippen molar-refractivity contribution in [1.82, 2.24) is 9.80 Å². The van der Waals surface area contributed by atoms with E-state index in [1.165, 1.54) is 33.0 Å². The minimum absolute atomic E-state index is 0.0938. The van der Waals surface area contributed by atoms with Crippen LogP contribution in [0.5, 0.6) is 0 Å². The number of methoxy groups -OCH3 is 1. The normalized spacial score (nSPS) is 24.6. The lowest BCUT2D eigenvalue weighted by atomic mass is 10.2. The highest BCUT2D eigenvalue weighted by molar-refractivity contribution is 5.66. The molecule has 22 heavy (non-hydrogen) atoms. The standard InChI is InChI=1S/C12H24N2O.C4H8O3/c1-3-11(2)14-5-4-12(10-14)13-6-8-15-9-7-13;1-7-3-2-4(5)6/h11-12H,3-10H2,1-2H3;2-3H2,1H3,(H,5,6). The van der Waals surface area contributed by atoms with Gasteiger partial charge in [0.25, 0.3) is 0 Å². The molecule has 0 amide bonds. The van der Waals surface area contributed by atoms with Crippen LogP contribution in [0.3, 0.4) is 0 Å². The number of morpholine rings is 1. The Morgan fingerprint density at radius 1 is 1.36 bits per heavy atom. The maximum Gasteiger partial charge on any atom is 0.305 e. The monoisotopic (exact) mass is 316 g/mol. The summed E-state index contributed by atoms with van der Waals surface area (Å²) in [6.45, 7) is 11.6. The molecule has 130 valence electrons. The molecule has 2 fully saturated rings. The van der Waals surface area contributed by atoms with Gasteiger partial charge in [0.2, 0.25) is 0 Å². The smallest absolute Gasteiger partial charge is 0.305 e. The molecule has 0 bridgehead atoms. The lowest BCUT2D eigenvalue weighted by molar-refractivity contribution is -0.137. The molecule has 2 atom stereocenters. The molecule has 0 saturated carbocycles. The van der Waals surface area contributed by atoms with Crippen molar-refractivity contribution in [3.63, 3.8) is 0 Å². The van der Waals surface area contributed by atoms with Crippen molar-refractivity contribution < 1.29 is 19.4 Å². The van der Waals surface area contributed by atoms with Gasteiger partial charge in [-0.2, -0.15) is 0 Å². The molecule has 0 aromatic heterocycles. The lowest BCUT2D eigenvalue weighted by Gasteiger charge is -2.32. The largest absolute Gasteiger partial charge is 0.481 e. The third-order valence-electron chi connectivity index (χ3n) is 4.49. The molecular formula is C16H32N2O4. The molecule has 2 aliphatic heterocycles. The summed E-state index contributed by atoms with van der Waals surface area (Å²) in [7, 11) is 1.48. The van der Waals surface area contributed by atoms with E-state index in [4.69, 9.17) is 9.84 Å². The molecule has 2 heterocycles. The van der Waals surface area contributed by atoms with Gasteiger partial charge in [0, 0.05) is 45.4 Å². The van der Waals surface area contributed by atoms with Gasteiger partial charge in [0.15, 0.2) is 0 Å². The number of nitrogens with zero attached hydrogens (tertiary/aromatic N) is 2. The number of hydrogen-bond acceptors (Lipinski definition) is 5. The molecule has 6 heteroatoms. The number of rotatable bonds is 6. The molecule has 2 saturated heterocycles. The highest BCUT2D eigenvalue weighted by Gasteiger charge is 2.30. The molecule has 2 rings (SSSR count). The van der Waals surface area contributed by atoms with Gasteiger partial charge in [-0.3, -0.25) is 14.6 Å². The second-order valence-corrected chi connectivity index (χ2v) is 5.98. The van der Waals surface area contributed by atoms with Gasteiger partial charge in [-0.25, -0.2) is 0 Å². The summed E-state index contributed by atoms with van der Waals surface area (Å²) in [6.07, 6.45) is 2.72. The van der Waals surface area contributed by atoms with Gasteiger partial charge in [0.1, 0.15) is 0 Å². The first kappa shape index (κ1) is 19.4. The van der Waals surface area contributed by atoms with Crippen LogP contribution >= 0.6 is 0 Å². The van der Waals surface area contributed by atoms with E-state index in [1.807, 2.05) is 0 Å². The molecule has 2 aliphatic rings. The summed E-state index contributed by atoms with van der Waals surface area (Å²) in [5.74, 6) is -0.818. The van der Waals surface area contributed by atoms with Crippen molar-refractivity contribution in [1.29, 1.82) is 0 Å². The van der Waals surface area contributed by atoms with Crippen molar-refractivity contribution >= 4 is 5.97 Å². The Bertz CT molecular complexity index is 309. The third kappa shape index (κ3) is 7.05. The summed E-state index contributed by atoms with van der Waals surface area (Å²) in [5.41, 5.74) is 0. The molecule has 0 aliphatic carbocycles. The Kier molecular flexibility index (Phi) is 9.63. The topological polar surface area (TPSA) is 62.2 Å². The van der Waals surface area contributed by atoms with Crippen molar-refractivity contribution in [2.75, 3.05) is 53.1 Å². The summed E-state index contributed by atoms with van der Waals surface area (Å²) in [4.78, 5) is 14.9. The molecule has 1 N–H and O–H groups in total. The van der Waals surface area contributed by atoms with Crippen LogP contribution in [-0.4, -0.2) is 86.1 Å². The van der Waals surface area contributed by atoms with E-state index in [0.717, 1.165) is 38.4 Å². The van der Waals surface area contributed by atoms with Crippen LogP contribution in [0.4, 0.5) is 0 Å². The van der Waals surface area contributed by atoms with Gasteiger partial charge in [-0.1, -0.05) is 6.92 Å². The van der Waals surface area contributed by atoms with Crippen LogP contribution in [0.2, 0.25) is 0 Å². The number of ether oxygens (including phenoxy) is 2. The molecule has 0 spiro atoms. The zero-order valence-corrected chi connectivity index (χ0v) is 14.3. The fourth-order valence-corrected chi connectivity index (χ4v) is 2.86. The Labute approximate surface area is 134 Å². The van der Waals surface area contributed by atoms with E-state index in [2.05, 4.69) is 28.4 Å². The number of carboxylic acid groups (broad SMARTS) is 1. The van der Waals surface area contributed by atoms with E-state index in [0.29, 0.717) is 6.61 Å². The fraction of sp³-hybridized carbons (Fsp3) is 0.938. The minimum Gasteiger partial charge on any atom is -0.481 e. The van der Waals surface area contributed by atoms with Crippen LogP contribution in [0.25, 0.3) is 0 Å². The summed E-state index contributed by atoms with van der Waals surface area (Å²) < 4.78 is 9.87. The fourth-order valence-electron chi connectivity index (χ4n) is 2.86. The van der Waals surface area contributed by atoms with E-state index in [1.54, 1.807) is 0 Å². The Balaban J connectivity index is 0.000000295. The highest BCUT2D eigenvalue weighted by Crippen LogP contribution is 2.19. The summed E-state index contributed by atoms with van der Waals surface area (Å²) in [5, 5.41) is 7.96. The first-order valence-corrected chi connectivity index (χ1v) is 8.35. The number of likely N-dealkylation sites (tertiary alicyclic amines) is 1. The second kappa shape index (κ2) is 10.9. The molecule has 0 aromatic carbocycles. The minimum atomic E-state index is -0.818. The van der Waals surface area contributed by atoms with Gasteiger partial charge in [0.05, 0.1) is 26.2 Å².